The number of likely N-dealkylation sites (N-methyl/N-ethyl adjacent to an activating group) is 1. The summed E-state index contributed by atoms with van der Waals surface area (Å²) in [5.74, 6) is 0.287. The van der Waals surface area contributed by atoms with E-state index in [1.807, 2.05) is 19.2 Å². The van der Waals surface area contributed by atoms with Crippen LogP contribution in [0.25, 0.3) is 0 Å². The molecule has 0 saturated carbocycles. The van der Waals surface area contributed by atoms with Crippen molar-refractivity contribution in [3.63, 3.8) is 0 Å². The average Bonchev–Trinajstić information content (AvgIpc) is 2.85. The molecule has 1 aliphatic heterocycles. The Morgan fingerprint density at radius 3 is 2.94 bits per heavy atom. The molecule has 0 amide bonds. The summed E-state index contributed by atoms with van der Waals surface area (Å²) < 4.78 is 18.8. The van der Waals surface area contributed by atoms with Crippen LogP contribution in [0.1, 0.15) is 12.0 Å². The Bertz CT molecular complexity index is 380. The lowest BCUT2D eigenvalue weighted by molar-refractivity contribution is 0.173. The highest BCUT2D eigenvalue weighted by Gasteiger charge is 2.23. The summed E-state index contributed by atoms with van der Waals surface area (Å²) in [5, 5.41) is 0. The fourth-order valence-electron chi connectivity index (χ4n) is 2.38. The monoisotopic (exact) mass is 252 g/mol. The van der Waals surface area contributed by atoms with Gasteiger partial charge >= 0.3 is 0 Å². The number of nitrogens with two attached hydrogens (primary N) is 1. The van der Waals surface area contributed by atoms with Gasteiger partial charge in [-0.1, -0.05) is 18.2 Å². The zero-order chi connectivity index (χ0) is 13.0. The van der Waals surface area contributed by atoms with Gasteiger partial charge in [0.25, 0.3) is 0 Å². The van der Waals surface area contributed by atoms with E-state index in [-0.39, 0.29) is 11.9 Å². The summed E-state index contributed by atoms with van der Waals surface area (Å²) >= 11 is 0. The second kappa shape index (κ2) is 6.27. The van der Waals surface area contributed by atoms with Crippen molar-refractivity contribution in [1.82, 2.24) is 4.90 Å². The third-order valence-electron chi connectivity index (χ3n) is 3.49. The number of hydrogen-bond acceptors (Lipinski definition) is 3. The van der Waals surface area contributed by atoms with Crippen LogP contribution in [-0.2, 0) is 11.3 Å². The van der Waals surface area contributed by atoms with Gasteiger partial charge in [-0.2, -0.15) is 0 Å². The van der Waals surface area contributed by atoms with Gasteiger partial charge in [0.1, 0.15) is 5.82 Å². The van der Waals surface area contributed by atoms with Crippen molar-refractivity contribution >= 4 is 0 Å². The largest absolute Gasteiger partial charge is 0.381 e. The Kier molecular flexibility index (Phi) is 4.69. The molecule has 2 N–H and O–H groups in total. The fraction of sp³-hybridized carbons (Fsp3) is 0.571. The SMILES string of the molecule is CN(Cc1ccccc1F)CC(N)C1CCOC1. The fourth-order valence-corrected chi connectivity index (χ4v) is 2.38. The molecule has 100 valence electrons. The zero-order valence-corrected chi connectivity index (χ0v) is 10.8. The van der Waals surface area contributed by atoms with Gasteiger partial charge in [-0.15, -0.1) is 0 Å². The molecule has 0 bridgehead atoms. The van der Waals surface area contributed by atoms with Gasteiger partial charge in [0.2, 0.25) is 0 Å². The Morgan fingerprint density at radius 2 is 2.28 bits per heavy atom. The Morgan fingerprint density at radius 1 is 1.50 bits per heavy atom. The molecule has 0 aromatic heterocycles. The van der Waals surface area contributed by atoms with Gasteiger partial charge in [-0.3, -0.25) is 0 Å². The van der Waals surface area contributed by atoms with Gasteiger partial charge in [-0.25, -0.2) is 4.39 Å². The van der Waals surface area contributed by atoms with E-state index in [0.29, 0.717) is 12.5 Å². The summed E-state index contributed by atoms with van der Waals surface area (Å²) in [6, 6.07) is 6.98. The van der Waals surface area contributed by atoms with Crippen molar-refractivity contribution in [1.29, 1.82) is 0 Å². The standard InChI is InChI=1S/C14H21FN2O/c1-17(8-11-4-2-3-5-13(11)15)9-14(16)12-6-7-18-10-12/h2-5,12,14H,6-10,16H2,1H3. The van der Waals surface area contributed by atoms with E-state index in [9.17, 15) is 4.39 Å². The smallest absolute Gasteiger partial charge is 0.127 e. The predicted molar refractivity (Wildman–Crippen MR) is 69.6 cm³/mol. The minimum Gasteiger partial charge on any atom is -0.381 e. The second-order valence-corrected chi connectivity index (χ2v) is 5.08. The average molecular weight is 252 g/mol. The first kappa shape index (κ1) is 13.5. The first-order valence-corrected chi connectivity index (χ1v) is 6.42. The number of nitrogens with zero attached hydrogens (tertiary/aromatic N) is 1. The van der Waals surface area contributed by atoms with E-state index < -0.39 is 0 Å². The molecule has 1 fully saturated rings. The summed E-state index contributed by atoms with van der Waals surface area (Å²) in [6.45, 7) is 2.93. The van der Waals surface area contributed by atoms with Gasteiger partial charge in [0.05, 0.1) is 6.61 Å². The molecule has 1 aliphatic rings. The minimum atomic E-state index is -0.151. The minimum absolute atomic E-state index is 0.101. The van der Waals surface area contributed by atoms with Crippen LogP contribution in [0.2, 0.25) is 0 Å². The maximum absolute atomic E-state index is 13.5. The topological polar surface area (TPSA) is 38.5 Å². The van der Waals surface area contributed by atoms with Crippen LogP contribution in [0.5, 0.6) is 0 Å². The van der Waals surface area contributed by atoms with E-state index in [4.69, 9.17) is 10.5 Å². The molecule has 0 radical (unpaired) electrons. The zero-order valence-electron chi connectivity index (χ0n) is 10.8. The van der Waals surface area contributed by atoms with E-state index >= 15 is 0 Å². The maximum atomic E-state index is 13.5. The van der Waals surface area contributed by atoms with Gasteiger partial charge in [0.15, 0.2) is 0 Å². The third-order valence-corrected chi connectivity index (χ3v) is 3.49. The van der Waals surface area contributed by atoms with Crippen LogP contribution >= 0.6 is 0 Å². The van der Waals surface area contributed by atoms with E-state index in [2.05, 4.69) is 4.90 Å². The lowest BCUT2D eigenvalue weighted by Gasteiger charge is -2.24. The van der Waals surface area contributed by atoms with E-state index in [1.54, 1.807) is 6.07 Å². The molecule has 18 heavy (non-hydrogen) atoms. The van der Waals surface area contributed by atoms with Gasteiger partial charge in [0, 0.05) is 37.2 Å². The molecule has 1 aromatic carbocycles. The van der Waals surface area contributed by atoms with Crippen molar-refractivity contribution in [3.8, 4) is 0 Å². The molecule has 1 aromatic rings. The number of hydrogen-bond donors (Lipinski definition) is 1. The molecule has 2 unspecified atom stereocenters. The van der Waals surface area contributed by atoms with Crippen LogP contribution < -0.4 is 5.73 Å². The molecule has 4 heteroatoms. The first-order chi connectivity index (χ1) is 8.66. The number of benzene rings is 1. The summed E-state index contributed by atoms with van der Waals surface area (Å²) in [5.41, 5.74) is 6.87. The van der Waals surface area contributed by atoms with Crippen LogP contribution in [0.3, 0.4) is 0 Å². The normalized spacial score (nSPS) is 21.4. The quantitative estimate of drug-likeness (QED) is 0.865. The third kappa shape index (κ3) is 3.51. The molecule has 0 spiro atoms. The van der Waals surface area contributed by atoms with Crippen molar-refractivity contribution in [2.24, 2.45) is 11.7 Å². The van der Waals surface area contributed by atoms with Crippen LogP contribution in [0, 0.1) is 11.7 Å². The highest BCUT2D eigenvalue weighted by atomic mass is 19.1. The second-order valence-electron chi connectivity index (χ2n) is 5.08. The molecule has 2 rings (SSSR count). The van der Waals surface area contributed by atoms with Crippen molar-refractivity contribution in [3.05, 3.63) is 35.6 Å². The molecule has 0 aliphatic carbocycles. The van der Waals surface area contributed by atoms with Crippen LogP contribution in [-0.4, -0.2) is 37.7 Å². The van der Waals surface area contributed by atoms with Crippen LogP contribution in [0.4, 0.5) is 4.39 Å². The Labute approximate surface area is 108 Å². The van der Waals surface area contributed by atoms with Crippen LogP contribution in [0.15, 0.2) is 24.3 Å². The van der Waals surface area contributed by atoms with Crippen molar-refractivity contribution in [2.45, 2.75) is 19.0 Å². The van der Waals surface area contributed by atoms with E-state index in [1.165, 1.54) is 6.07 Å². The van der Waals surface area contributed by atoms with Gasteiger partial charge in [-0.05, 0) is 19.5 Å². The maximum Gasteiger partial charge on any atom is 0.127 e. The number of ether oxygens (including phenoxy) is 1. The molecular weight excluding hydrogens is 231 g/mol. The first-order valence-electron chi connectivity index (χ1n) is 6.42. The molecule has 2 atom stereocenters. The van der Waals surface area contributed by atoms with Crippen molar-refractivity contribution in [2.75, 3.05) is 26.8 Å². The Balaban J connectivity index is 1.84. The number of halogens is 1. The molecule has 3 nitrogen and oxygen atoms in total. The predicted octanol–water partition coefficient (Wildman–Crippen LogP) is 1.62. The highest BCUT2D eigenvalue weighted by Crippen LogP contribution is 2.16. The summed E-state index contributed by atoms with van der Waals surface area (Å²) in [6.07, 6.45) is 1.04. The lowest BCUT2D eigenvalue weighted by atomic mass is 9.99. The Hall–Kier alpha value is -0.970. The lowest BCUT2D eigenvalue weighted by Crippen LogP contribution is -2.40. The van der Waals surface area contributed by atoms with Gasteiger partial charge < -0.3 is 15.4 Å². The molecule has 1 heterocycles. The summed E-state index contributed by atoms with van der Waals surface area (Å²) in [7, 11) is 1.97. The number of rotatable bonds is 5. The summed E-state index contributed by atoms with van der Waals surface area (Å²) in [4.78, 5) is 2.07. The highest BCUT2D eigenvalue weighted by molar-refractivity contribution is 5.17. The van der Waals surface area contributed by atoms with E-state index in [0.717, 1.165) is 31.7 Å². The van der Waals surface area contributed by atoms with Crippen molar-refractivity contribution < 1.29 is 9.13 Å². The molecular formula is C14H21FN2O. The molecule has 1 saturated heterocycles.